The average Bonchev–Trinajstić information content (AvgIpc) is 2.75. The molecule has 0 atom stereocenters. The van der Waals surface area contributed by atoms with Crippen molar-refractivity contribution in [3.63, 3.8) is 0 Å². The molecule has 1 amide bonds. The Balaban J connectivity index is 1.57. The minimum Gasteiger partial charge on any atom is -0.368 e. The Bertz CT molecular complexity index is 882. The number of nitrogens with zero attached hydrogens (tertiary/aromatic N) is 4. The Labute approximate surface area is 158 Å². The van der Waals surface area contributed by atoms with Crippen LogP contribution in [0.1, 0.15) is 10.4 Å². The van der Waals surface area contributed by atoms with Gasteiger partial charge in [0, 0.05) is 49.3 Å². The Hall–Kier alpha value is -3.77. The number of hydrogen-bond acceptors (Lipinski definition) is 5. The van der Waals surface area contributed by atoms with Gasteiger partial charge in [-0.2, -0.15) is 10.5 Å². The molecule has 134 valence electrons. The van der Waals surface area contributed by atoms with Crippen molar-refractivity contribution in [2.75, 3.05) is 36.4 Å². The van der Waals surface area contributed by atoms with Crippen molar-refractivity contribution in [1.82, 2.24) is 4.90 Å². The van der Waals surface area contributed by atoms with Gasteiger partial charge in [-0.15, -0.1) is 0 Å². The predicted octanol–water partition coefficient (Wildman–Crippen LogP) is 2.99. The molecule has 0 aromatic heterocycles. The lowest BCUT2D eigenvalue weighted by Gasteiger charge is -2.36. The lowest BCUT2D eigenvalue weighted by Crippen LogP contribution is -2.48. The maximum atomic E-state index is 12.5. The van der Waals surface area contributed by atoms with E-state index in [0.717, 1.165) is 30.0 Å². The summed E-state index contributed by atoms with van der Waals surface area (Å²) in [5.74, 6) is 0.0763. The minimum atomic E-state index is 0.0262. The molecule has 2 aromatic rings. The van der Waals surface area contributed by atoms with E-state index in [0.29, 0.717) is 13.1 Å². The van der Waals surface area contributed by atoms with Crippen molar-refractivity contribution in [3.05, 3.63) is 71.9 Å². The van der Waals surface area contributed by atoms with Gasteiger partial charge < -0.3 is 15.1 Å². The van der Waals surface area contributed by atoms with Crippen LogP contribution >= 0.6 is 0 Å². The van der Waals surface area contributed by atoms with Crippen molar-refractivity contribution in [2.45, 2.75) is 0 Å². The standard InChI is InChI=1S/C21H19N5O/c22-14-17(15-23)16-24-19-6-8-20(9-7-19)25-10-12-26(13-11-25)21(27)18-4-2-1-3-5-18/h1-9,16,24H,10-13H2. The minimum absolute atomic E-state index is 0.0262. The largest absolute Gasteiger partial charge is 0.368 e. The van der Waals surface area contributed by atoms with Gasteiger partial charge >= 0.3 is 0 Å². The Morgan fingerprint density at radius 1 is 0.926 bits per heavy atom. The summed E-state index contributed by atoms with van der Waals surface area (Å²) in [7, 11) is 0. The number of carbonyl (C=O) groups is 1. The molecule has 6 heteroatoms. The molecule has 27 heavy (non-hydrogen) atoms. The Kier molecular flexibility index (Phi) is 5.71. The quantitative estimate of drug-likeness (QED) is 0.851. The number of nitriles is 2. The van der Waals surface area contributed by atoms with Crippen LogP contribution < -0.4 is 10.2 Å². The summed E-state index contributed by atoms with van der Waals surface area (Å²) < 4.78 is 0. The number of amides is 1. The monoisotopic (exact) mass is 357 g/mol. The molecule has 2 aromatic carbocycles. The third-order valence-corrected chi connectivity index (χ3v) is 4.44. The van der Waals surface area contributed by atoms with Crippen LogP contribution in [0.15, 0.2) is 66.4 Å². The van der Waals surface area contributed by atoms with Crippen LogP contribution in [0.25, 0.3) is 0 Å². The highest BCUT2D eigenvalue weighted by molar-refractivity contribution is 5.94. The number of anilines is 2. The topological polar surface area (TPSA) is 83.2 Å². The van der Waals surface area contributed by atoms with E-state index in [1.54, 1.807) is 0 Å². The number of nitrogens with one attached hydrogen (secondary N) is 1. The van der Waals surface area contributed by atoms with Gasteiger partial charge in [-0.3, -0.25) is 4.79 Å². The van der Waals surface area contributed by atoms with Crippen LogP contribution in [0, 0.1) is 22.7 Å². The molecule has 0 radical (unpaired) electrons. The van der Waals surface area contributed by atoms with E-state index in [1.165, 1.54) is 6.20 Å². The molecule has 0 bridgehead atoms. The number of allylic oxidation sites excluding steroid dienone is 1. The van der Waals surface area contributed by atoms with Gasteiger partial charge in [-0.1, -0.05) is 18.2 Å². The summed E-state index contributed by atoms with van der Waals surface area (Å²) in [6, 6.07) is 20.8. The number of benzene rings is 2. The molecular formula is C21H19N5O. The second-order valence-corrected chi connectivity index (χ2v) is 6.12. The van der Waals surface area contributed by atoms with Crippen molar-refractivity contribution in [3.8, 4) is 12.1 Å². The van der Waals surface area contributed by atoms with Gasteiger partial charge in [0.1, 0.15) is 17.7 Å². The summed E-state index contributed by atoms with van der Waals surface area (Å²) in [5, 5.41) is 20.4. The van der Waals surface area contributed by atoms with Gasteiger partial charge in [0.2, 0.25) is 0 Å². The van der Waals surface area contributed by atoms with Gasteiger partial charge in [0.05, 0.1) is 0 Å². The van der Waals surface area contributed by atoms with Crippen LogP contribution in [-0.4, -0.2) is 37.0 Å². The van der Waals surface area contributed by atoms with Crippen molar-refractivity contribution in [2.24, 2.45) is 0 Å². The van der Waals surface area contributed by atoms with E-state index in [1.807, 2.05) is 71.6 Å². The third kappa shape index (κ3) is 4.45. The smallest absolute Gasteiger partial charge is 0.253 e. The van der Waals surface area contributed by atoms with Crippen LogP contribution in [0.2, 0.25) is 0 Å². The first kappa shape index (κ1) is 18.0. The lowest BCUT2D eigenvalue weighted by molar-refractivity contribution is 0.0747. The van der Waals surface area contributed by atoms with E-state index in [-0.39, 0.29) is 11.5 Å². The SMILES string of the molecule is N#CC(C#N)=CNc1ccc(N2CCN(C(=O)c3ccccc3)CC2)cc1. The van der Waals surface area contributed by atoms with Crippen molar-refractivity contribution >= 4 is 17.3 Å². The maximum absolute atomic E-state index is 12.5. The molecule has 0 spiro atoms. The highest BCUT2D eigenvalue weighted by Gasteiger charge is 2.22. The van der Waals surface area contributed by atoms with Crippen LogP contribution in [0.4, 0.5) is 11.4 Å². The Morgan fingerprint density at radius 2 is 1.56 bits per heavy atom. The predicted molar refractivity (Wildman–Crippen MR) is 104 cm³/mol. The van der Waals surface area contributed by atoms with Gasteiger partial charge in [-0.05, 0) is 36.4 Å². The number of carbonyl (C=O) groups excluding carboxylic acids is 1. The summed E-state index contributed by atoms with van der Waals surface area (Å²) >= 11 is 0. The first-order chi connectivity index (χ1) is 13.2. The molecule has 1 N–H and O–H groups in total. The van der Waals surface area contributed by atoms with Gasteiger partial charge in [0.25, 0.3) is 5.91 Å². The van der Waals surface area contributed by atoms with Crippen molar-refractivity contribution < 1.29 is 4.79 Å². The normalized spacial score (nSPS) is 13.3. The first-order valence-electron chi connectivity index (χ1n) is 8.67. The van der Waals surface area contributed by atoms with E-state index in [2.05, 4.69) is 10.2 Å². The highest BCUT2D eigenvalue weighted by Crippen LogP contribution is 2.20. The molecule has 1 saturated heterocycles. The van der Waals surface area contributed by atoms with Crippen molar-refractivity contribution in [1.29, 1.82) is 10.5 Å². The fourth-order valence-corrected chi connectivity index (χ4v) is 2.94. The molecule has 0 unspecified atom stereocenters. The third-order valence-electron chi connectivity index (χ3n) is 4.44. The zero-order valence-electron chi connectivity index (χ0n) is 14.8. The summed E-state index contributed by atoms with van der Waals surface area (Å²) in [6.45, 7) is 2.92. The van der Waals surface area contributed by atoms with Gasteiger partial charge in [0.15, 0.2) is 0 Å². The Morgan fingerprint density at radius 3 is 2.15 bits per heavy atom. The average molecular weight is 357 g/mol. The van der Waals surface area contributed by atoms with E-state index < -0.39 is 0 Å². The van der Waals surface area contributed by atoms with Crippen LogP contribution in [0.3, 0.4) is 0 Å². The molecule has 1 heterocycles. The molecule has 1 fully saturated rings. The van der Waals surface area contributed by atoms with E-state index in [4.69, 9.17) is 10.5 Å². The molecule has 1 aliphatic heterocycles. The number of hydrogen-bond donors (Lipinski definition) is 1. The van der Waals surface area contributed by atoms with E-state index in [9.17, 15) is 4.79 Å². The fourth-order valence-electron chi connectivity index (χ4n) is 2.94. The molecular weight excluding hydrogens is 338 g/mol. The summed E-state index contributed by atoms with van der Waals surface area (Å²) in [6.07, 6.45) is 1.39. The van der Waals surface area contributed by atoms with Crippen LogP contribution in [0.5, 0.6) is 0 Å². The molecule has 0 aliphatic carbocycles. The first-order valence-corrected chi connectivity index (χ1v) is 8.67. The molecule has 6 nitrogen and oxygen atoms in total. The summed E-state index contributed by atoms with van der Waals surface area (Å²) in [5.41, 5.74) is 2.64. The van der Waals surface area contributed by atoms with Gasteiger partial charge in [-0.25, -0.2) is 0 Å². The number of piperazine rings is 1. The second kappa shape index (κ2) is 8.55. The number of rotatable bonds is 4. The second-order valence-electron chi connectivity index (χ2n) is 6.12. The van der Waals surface area contributed by atoms with Crippen LogP contribution in [-0.2, 0) is 0 Å². The zero-order chi connectivity index (χ0) is 19.1. The van der Waals surface area contributed by atoms with E-state index >= 15 is 0 Å². The highest BCUT2D eigenvalue weighted by atomic mass is 16.2. The molecule has 0 saturated carbocycles. The summed E-state index contributed by atoms with van der Waals surface area (Å²) in [4.78, 5) is 16.6. The lowest BCUT2D eigenvalue weighted by atomic mass is 10.1. The fraction of sp³-hybridized carbons (Fsp3) is 0.190. The molecule has 3 rings (SSSR count). The maximum Gasteiger partial charge on any atom is 0.253 e. The molecule has 1 aliphatic rings. The zero-order valence-corrected chi connectivity index (χ0v) is 14.8.